The third-order valence-corrected chi connectivity index (χ3v) is 2.44. The van der Waals surface area contributed by atoms with E-state index in [4.69, 9.17) is 4.74 Å². The van der Waals surface area contributed by atoms with E-state index in [1.807, 2.05) is 6.08 Å². The average molecular weight is 250 g/mol. The fourth-order valence-electron chi connectivity index (χ4n) is 1.48. The number of carbonyl (C=O) groups excluding carboxylic acids is 1. The van der Waals surface area contributed by atoms with Gasteiger partial charge in [-0.1, -0.05) is 44.1 Å². The van der Waals surface area contributed by atoms with E-state index in [0.717, 1.165) is 25.7 Å². The van der Waals surface area contributed by atoms with Crippen LogP contribution in [0.4, 0.5) is 0 Å². The Morgan fingerprint density at radius 3 is 2.17 bits per heavy atom. The fourth-order valence-corrected chi connectivity index (χ4v) is 1.48. The molecule has 0 amide bonds. The van der Waals surface area contributed by atoms with Gasteiger partial charge in [0.15, 0.2) is 0 Å². The van der Waals surface area contributed by atoms with E-state index in [1.54, 1.807) is 0 Å². The van der Waals surface area contributed by atoms with E-state index < -0.39 is 0 Å². The molecule has 0 saturated heterocycles. The highest BCUT2D eigenvalue weighted by Gasteiger charge is 1.88. The Kier molecular flexibility index (Phi) is 12.8. The average Bonchev–Trinajstić information content (AvgIpc) is 2.34. The Morgan fingerprint density at radius 1 is 0.944 bits per heavy atom. The lowest BCUT2D eigenvalue weighted by molar-refractivity contribution is -0.135. The molecule has 0 aromatic heterocycles. The molecule has 0 radical (unpaired) electrons. The van der Waals surface area contributed by atoms with E-state index in [-0.39, 0.29) is 5.97 Å². The van der Waals surface area contributed by atoms with Crippen LogP contribution in [-0.4, -0.2) is 5.97 Å². The van der Waals surface area contributed by atoms with Crippen molar-refractivity contribution in [3.05, 3.63) is 36.6 Å². The van der Waals surface area contributed by atoms with Crippen LogP contribution in [0.5, 0.6) is 0 Å². The lowest BCUT2D eigenvalue weighted by atomic mass is 10.1. The molecule has 0 fully saturated rings. The smallest absolute Gasteiger partial charge is 0.307 e. The normalized spacial score (nSPS) is 11.9. The summed E-state index contributed by atoms with van der Waals surface area (Å²) in [6, 6.07) is 0. The van der Waals surface area contributed by atoms with Crippen LogP contribution >= 0.6 is 0 Å². The van der Waals surface area contributed by atoms with E-state index in [1.165, 1.54) is 32.4 Å². The minimum atomic E-state index is -0.254. The highest BCUT2D eigenvalue weighted by atomic mass is 16.5. The predicted molar refractivity (Wildman–Crippen MR) is 77.2 cm³/mol. The summed E-state index contributed by atoms with van der Waals surface area (Å²) in [5, 5.41) is 0. The molecule has 0 atom stereocenters. The summed E-state index contributed by atoms with van der Waals surface area (Å²) in [4.78, 5) is 10.5. The molecule has 0 bridgehead atoms. The van der Waals surface area contributed by atoms with Crippen molar-refractivity contribution in [2.45, 2.75) is 58.8 Å². The summed E-state index contributed by atoms with van der Waals surface area (Å²) in [5.41, 5.74) is 0. The molecule has 2 nitrogen and oxygen atoms in total. The molecule has 0 heterocycles. The Hall–Kier alpha value is -1.31. The van der Waals surface area contributed by atoms with Gasteiger partial charge in [0.2, 0.25) is 0 Å². The summed E-state index contributed by atoms with van der Waals surface area (Å²) in [7, 11) is 0. The molecular formula is C16H26O2. The van der Waals surface area contributed by atoms with Crippen molar-refractivity contribution in [2.75, 3.05) is 0 Å². The van der Waals surface area contributed by atoms with Crippen molar-refractivity contribution in [3.8, 4) is 0 Å². The summed E-state index contributed by atoms with van der Waals surface area (Å²) in [5.74, 6) is -0.254. The Bertz CT molecular complexity index is 275. The molecule has 0 saturated carbocycles. The number of unbranched alkanes of at least 4 members (excludes halogenated alkanes) is 5. The van der Waals surface area contributed by atoms with Crippen LogP contribution in [0.1, 0.15) is 58.8 Å². The first-order valence-electron chi connectivity index (χ1n) is 6.91. The summed E-state index contributed by atoms with van der Waals surface area (Å²) >= 11 is 0. The number of carbonyl (C=O) groups is 1. The van der Waals surface area contributed by atoms with Gasteiger partial charge in [-0.3, -0.25) is 4.79 Å². The van der Waals surface area contributed by atoms with Crippen molar-refractivity contribution in [3.63, 3.8) is 0 Å². The minimum absolute atomic E-state index is 0.254. The molecule has 0 aromatic carbocycles. The first-order valence-corrected chi connectivity index (χ1v) is 6.91. The van der Waals surface area contributed by atoms with Crippen LogP contribution < -0.4 is 0 Å². The first-order chi connectivity index (χ1) is 8.77. The molecule has 0 unspecified atom stereocenters. The van der Waals surface area contributed by atoms with Crippen molar-refractivity contribution in [1.82, 2.24) is 0 Å². The third-order valence-electron chi connectivity index (χ3n) is 2.44. The summed E-state index contributed by atoms with van der Waals surface area (Å²) < 4.78 is 4.70. The molecular weight excluding hydrogens is 224 g/mol. The Balaban J connectivity index is 3.21. The second-order valence-corrected chi connectivity index (χ2v) is 4.24. The van der Waals surface area contributed by atoms with Gasteiger partial charge in [0.25, 0.3) is 0 Å². The SMILES string of the molecule is CC/C=C/C=C\CCCCCCC=COC(C)=O. The van der Waals surface area contributed by atoms with Gasteiger partial charge in [0, 0.05) is 6.92 Å². The topological polar surface area (TPSA) is 26.3 Å². The minimum Gasteiger partial charge on any atom is -0.435 e. The van der Waals surface area contributed by atoms with Gasteiger partial charge >= 0.3 is 5.97 Å². The summed E-state index contributed by atoms with van der Waals surface area (Å²) in [6.45, 7) is 3.55. The molecule has 0 aliphatic heterocycles. The number of allylic oxidation sites excluding steroid dienone is 5. The number of rotatable bonds is 10. The van der Waals surface area contributed by atoms with Crippen molar-refractivity contribution >= 4 is 5.97 Å². The van der Waals surface area contributed by atoms with Crippen molar-refractivity contribution in [2.24, 2.45) is 0 Å². The molecule has 0 aromatic rings. The van der Waals surface area contributed by atoms with Gasteiger partial charge in [-0.15, -0.1) is 0 Å². The molecule has 18 heavy (non-hydrogen) atoms. The van der Waals surface area contributed by atoms with Crippen molar-refractivity contribution in [1.29, 1.82) is 0 Å². The second-order valence-electron chi connectivity index (χ2n) is 4.24. The molecule has 2 heteroatoms. The van der Waals surface area contributed by atoms with Gasteiger partial charge in [-0.05, 0) is 38.2 Å². The lowest BCUT2D eigenvalue weighted by Gasteiger charge is -1.96. The van der Waals surface area contributed by atoms with Crippen molar-refractivity contribution < 1.29 is 9.53 Å². The molecule has 102 valence electrons. The van der Waals surface area contributed by atoms with Crippen LogP contribution in [0.25, 0.3) is 0 Å². The van der Waals surface area contributed by atoms with Gasteiger partial charge in [-0.25, -0.2) is 0 Å². The quantitative estimate of drug-likeness (QED) is 0.238. The zero-order valence-electron chi connectivity index (χ0n) is 11.7. The van der Waals surface area contributed by atoms with Gasteiger partial charge in [0.1, 0.15) is 0 Å². The molecule has 0 rings (SSSR count). The van der Waals surface area contributed by atoms with Gasteiger partial charge < -0.3 is 4.74 Å². The molecule has 0 N–H and O–H groups in total. The molecule has 0 aliphatic carbocycles. The predicted octanol–water partition coefficient (Wildman–Crippen LogP) is 4.93. The Labute approximate surface area is 111 Å². The molecule has 0 aliphatic rings. The zero-order valence-corrected chi connectivity index (χ0v) is 11.7. The standard InChI is InChI=1S/C16H26O2/c1-3-4-5-6-7-8-9-10-11-12-13-14-15-18-16(2)17/h4-7,14-15H,3,8-13H2,1-2H3/b5-4+,7-6-,15-14?. The lowest BCUT2D eigenvalue weighted by Crippen LogP contribution is -1.89. The number of esters is 1. The largest absolute Gasteiger partial charge is 0.435 e. The Morgan fingerprint density at radius 2 is 1.56 bits per heavy atom. The zero-order chi connectivity index (χ0) is 13.5. The highest BCUT2D eigenvalue weighted by molar-refractivity contribution is 5.66. The van der Waals surface area contributed by atoms with Crippen LogP contribution in [0.2, 0.25) is 0 Å². The number of ether oxygens (including phenoxy) is 1. The third kappa shape index (κ3) is 14.7. The van der Waals surface area contributed by atoms with Gasteiger partial charge in [-0.2, -0.15) is 0 Å². The van der Waals surface area contributed by atoms with E-state index in [0.29, 0.717) is 0 Å². The molecule has 0 spiro atoms. The highest BCUT2D eigenvalue weighted by Crippen LogP contribution is 2.06. The maximum absolute atomic E-state index is 10.5. The monoisotopic (exact) mass is 250 g/mol. The van der Waals surface area contributed by atoms with Crippen LogP contribution in [-0.2, 0) is 9.53 Å². The van der Waals surface area contributed by atoms with E-state index >= 15 is 0 Å². The number of hydrogen-bond donors (Lipinski definition) is 0. The maximum atomic E-state index is 10.5. The summed E-state index contributed by atoms with van der Waals surface area (Å²) in [6.07, 6.45) is 20.2. The van der Waals surface area contributed by atoms with E-state index in [2.05, 4.69) is 31.2 Å². The van der Waals surface area contributed by atoms with Crippen LogP contribution in [0.3, 0.4) is 0 Å². The van der Waals surface area contributed by atoms with E-state index in [9.17, 15) is 4.79 Å². The number of hydrogen-bond acceptors (Lipinski definition) is 2. The van der Waals surface area contributed by atoms with Gasteiger partial charge in [0.05, 0.1) is 6.26 Å². The van der Waals surface area contributed by atoms with Crippen LogP contribution in [0, 0.1) is 0 Å². The second kappa shape index (κ2) is 13.8. The fraction of sp³-hybridized carbons (Fsp3) is 0.562. The maximum Gasteiger partial charge on any atom is 0.307 e. The van der Waals surface area contributed by atoms with Crippen LogP contribution in [0.15, 0.2) is 36.6 Å². The first kappa shape index (κ1) is 16.7.